The largest absolute Gasteiger partial charge is 0.621 e. The van der Waals surface area contributed by atoms with Crippen LogP contribution in [-0.4, -0.2) is 54.6 Å². The molecule has 8 heteroatoms. The molecule has 2 rings (SSSR count). The van der Waals surface area contributed by atoms with Crippen LogP contribution in [-0.2, 0) is 23.7 Å². The molecular formula is C10H13BBrNO5. The van der Waals surface area contributed by atoms with E-state index in [1.165, 1.54) is 4.90 Å². The van der Waals surface area contributed by atoms with Gasteiger partial charge in [0.15, 0.2) is 0 Å². The molecule has 1 aliphatic carbocycles. The van der Waals surface area contributed by atoms with Crippen LogP contribution in [0.4, 0.5) is 0 Å². The van der Waals surface area contributed by atoms with E-state index in [1.807, 2.05) is 0 Å². The maximum Gasteiger partial charge on any atom is 0.621 e. The normalized spacial score (nSPS) is 23.8. The number of hydrogen-bond acceptors (Lipinski definition) is 6. The van der Waals surface area contributed by atoms with Gasteiger partial charge in [0.05, 0.1) is 13.1 Å². The van der Waals surface area contributed by atoms with Gasteiger partial charge in [0.1, 0.15) is 10.5 Å². The summed E-state index contributed by atoms with van der Waals surface area (Å²) < 4.78 is 9.23. The molecule has 1 saturated carbocycles. The second kappa shape index (κ2) is 5.40. The molecule has 1 atom stereocenters. The molecule has 98 valence electrons. The van der Waals surface area contributed by atoms with Crippen LogP contribution in [0.2, 0.25) is 0 Å². The number of carbonyl (C=O) groups is 3. The number of ketones is 1. The van der Waals surface area contributed by atoms with Crippen LogP contribution >= 0.6 is 15.9 Å². The van der Waals surface area contributed by atoms with Gasteiger partial charge in [0.25, 0.3) is 0 Å². The van der Waals surface area contributed by atoms with Gasteiger partial charge in [-0.25, -0.2) is 0 Å². The predicted octanol–water partition coefficient (Wildman–Crippen LogP) is -0.212. The quantitative estimate of drug-likeness (QED) is 0.530. The van der Waals surface area contributed by atoms with Gasteiger partial charge in [0.2, 0.25) is 0 Å². The van der Waals surface area contributed by atoms with E-state index >= 15 is 0 Å². The van der Waals surface area contributed by atoms with Crippen LogP contribution < -0.4 is 0 Å². The third kappa shape index (κ3) is 3.32. The Morgan fingerprint density at radius 3 is 2.28 bits per heavy atom. The molecule has 2 fully saturated rings. The molecule has 0 radical (unpaired) electrons. The SMILES string of the molecule is CN1CC(=O)OB([C@@H](Br)C(=O)C2CC2)OC(=O)C1. The number of hydrogen-bond donors (Lipinski definition) is 0. The first-order chi connectivity index (χ1) is 8.47. The van der Waals surface area contributed by atoms with E-state index in [9.17, 15) is 14.4 Å². The minimum atomic E-state index is -1.16. The van der Waals surface area contributed by atoms with Gasteiger partial charge in [-0.1, -0.05) is 15.9 Å². The molecule has 1 heterocycles. The highest BCUT2D eigenvalue weighted by molar-refractivity contribution is 9.10. The number of halogens is 1. The molecule has 6 nitrogen and oxygen atoms in total. The molecule has 0 aromatic rings. The Morgan fingerprint density at radius 1 is 1.33 bits per heavy atom. The first kappa shape index (κ1) is 13.5. The fourth-order valence-corrected chi connectivity index (χ4v) is 2.29. The Labute approximate surface area is 113 Å². The van der Waals surface area contributed by atoms with E-state index < -0.39 is 23.8 Å². The van der Waals surface area contributed by atoms with Crippen molar-refractivity contribution in [2.45, 2.75) is 17.6 Å². The fourth-order valence-electron chi connectivity index (χ4n) is 1.70. The van der Waals surface area contributed by atoms with E-state index in [1.54, 1.807) is 7.05 Å². The minimum absolute atomic E-state index is 0.0000988. The Hall–Kier alpha value is -0.885. The van der Waals surface area contributed by atoms with Crippen LogP contribution in [0.5, 0.6) is 0 Å². The third-order valence-corrected chi connectivity index (χ3v) is 3.67. The lowest BCUT2D eigenvalue weighted by molar-refractivity contribution is -0.145. The first-order valence-corrected chi connectivity index (χ1v) is 6.64. The van der Waals surface area contributed by atoms with E-state index in [0.717, 1.165) is 12.8 Å². The minimum Gasteiger partial charge on any atom is -0.497 e. The lowest BCUT2D eigenvalue weighted by atomic mass is 9.80. The van der Waals surface area contributed by atoms with Crippen molar-refractivity contribution >= 4 is 40.8 Å². The van der Waals surface area contributed by atoms with Crippen LogP contribution in [0, 0.1) is 5.92 Å². The van der Waals surface area contributed by atoms with Crippen LogP contribution in [0.1, 0.15) is 12.8 Å². The highest BCUT2D eigenvalue weighted by Gasteiger charge is 2.46. The number of alkyl halides is 1. The van der Waals surface area contributed by atoms with Crippen molar-refractivity contribution in [1.82, 2.24) is 4.90 Å². The Kier molecular flexibility index (Phi) is 4.06. The molecule has 0 aromatic carbocycles. The predicted molar refractivity (Wildman–Crippen MR) is 65.9 cm³/mol. The molecule has 0 N–H and O–H groups in total. The lowest BCUT2D eigenvalue weighted by Crippen LogP contribution is -2.48. The smallest absolute Gasteiger partial charge is 0.497 e. The highest BCUT2D eigenvalue weighted by Crippen LogP contribution is 2.33. The zero-order valence-corrected chi connectivity index (χ0v) is 11.5. The van der Waals surface area contributed by atoms with Crippen LogP contribution in [0.15, 0.2) is 0 Å². The third-order valence-electron chi connectivity index (χ3n) is 2.78. The number of likely N-dealkylation sites (N-methyl/N-ethyl adjacent to an activating group) is 1. The molecule has 1 saturated heterocycles. The first-order valence-electron chi connectivity index (χ1n) is 5.72. The molecule has 0 spiro atoms. The van der Waals surface area contributed by atoms with Crippen molar-refractivity contribution < 1.29 is 23.7 Å². The molecule has 1 aliphatic heterocycles. The van der Waals surface area contributed by atoms with Crippen molar-refractivity contribution in [3.63, 3.8) is 0 Å². The Balaban J connectivity index is 2.02. The van der Waals surface area contributed by atoms with Gasteiger partial charge >= 0.3 is 19.1 Å². The topological polar surface area (TPSA) is 72.9 Å². The van der Waals surface area contributed by atoms with E-state index in [2.05, 4.69) is 15.9 Å². The molecule has 0 unspecified atom stereocenters. The van der Waals surface area contributed by atoms with Gasteiger partial charge in [-0.05, 0) is 19.9 Å². The Bertz CT molecular complexity index is 366. The lowest BCUT2D eigenvalue weighted by Gasteiger charge is -2.24. The van der Waals surface area contributed by atoms with Gasteiger partial charge in [-0.2, -0.15) is 0 Å². The number of nitrogens with zero attached hydrogens (tertiary/aromatic N) is 1. The summed E-state index contributed by atoms with van der Waals surface area (Å²) in [5, 5.41) is 0. The average Bonchev–Trinajstić information content (AvgIpc) is 3.07. The maximum atomic E-state index is 11.8. The molecular weight excluding hydrogens is 305 g/mol. The van der Waals surface area contributed by atoms with Crippen molar-refractivity contribution in [3.05, 3.63) is 0 Å². The zero-order valence-electron chi connectivity index (χ0n) is 9.93. The summed E-state index contributed by atoms with van der Waals surface area (Å²) >= 11 is 3.16. The number of Topliss-reactive ketones (excluding diaryl/α,β-unsaturated/α-hetero) is 1. The monoisotopic (exact) mass is 317 g/mol. The summed E-state index contributed by atoms with van der Waals surface area (Å²) in [6.07, 6.45) is 1.69. The Morgan fingerprint density at radius 2 is 1.83 bits per heavy atom. The molecule has 18 heavy (non-hydrogen) atoms. The fraction of sp³-hybridized carbons (Fsp3) is 0.700. The van der Waals surface area contributed by atoms with E-state index in [-0.39, 0.29) is 24.8 Å². The average molecular weight is 318 g/mol. The van der Waals surface area contributed by atoms with Gasteiger partial charge in [-0.15, -0.1) is 0 Å². The number of carbonyl (C=O) groups excluding carboxylic acids is 3. The standard InChI is InChI=1S/C10H13BBrNO5/c1-13-4-7(14)17-11(18-8(15)5-13)10(12)9(16)6-2-3-6/h6,10H,2-5H2,1H3/t10-/m0/s1. The second-order valence-corrected chi connectivity index (χ2v) is 5.59. The molecule has 0 aromatic heterocycles. The summed E-state index contributed by atoms with van der Waals surface area (Å²) in [7, 11) is 0.455. The van der Waals surface area contributed by atoms with Gasteiger partial charge < -0.3 is 9.31 Å². The van der Waals surface area contributed by atoms with Crippen molar-refractivity contribution in [2.24, 2.45) is 5.92 Å². The van der Waals surface area contributed by atoms with E-state index in [4.69, 9.17) is 9.31 Å². The molecule has 0 amide bonds. The van der Waals surface area contributed by atoms with Crippen molar-refractivity contribution in [3.8, 4) is 0 Å². The summed E-state index contributed by atoms with van der Waals surface area (Å²) in [4.78, 5) is 36.3. The van der Waals surface area contributed by atoms with Gasteiger partial charge in [-0.3, -0.25) is 19.3 Å². The number of rotatable bonds is 3. The summed E-state index contributed by atoms with van der Waals surface area (Å²) in [6, 6.07) is 0. The van der Waals surface area contributed by atoms with Crippen molar-refractivity contribution in [1.29, 1.82) is 0 Å². The maximum absolute atomic E-state index is 11.8. The zero-order chi connectivity index (χ0) is 13.3. The van der Waals surface area contributed by atoms with Crippen LogP contribution in [0.3, 0.4) is 0 Å². The van der Waals surface area contributed by atoms with Gasteiger partial charge in [0, 0.05) is 5.92 Å². The molecule has 0 bridgehead atoms. The summed E-state index contributed by atoms with van der Waals surface area (Å²) in [5.41, 5.74) is 0. The summed E-state index contributed by atoms with van der Waals surface area (Å²) in [5.74, 6) is -1.10. The van der Waals surface area contributed by atoms with Crippen molar-refractivity contribution in [2.75, 3.05) is 20.1 Å². The van der Waals surface area contributed by atoms with Crippen LogP contribution in [0.25, 0.3) is 0 Å². The van der Waals surface area contributed by atoms with E-state index in [0.29, 0.717) is 0 Å². The highest BCUT2D eigenvalue weighted by atomic mass is 79.9. The summed E-state index contributed by atoms with van der Waals surface area (Å²) in [6.45, 7) is 0.00583. The molecule has 2 aliphatic rings. The second-order valence-electron chi connectivity index (χ2n) is 4.60.